The molecule has 732 valence electrons. The van der Waals surface area contributed by atoms with E-state index in [1.54, 1.807) is 46.1 Å². The average Bonchev–Trinajstić information content (AvgIpc) is 1.67. The van der Waals surface area contributed by atoms with E-state index in [-0.39, 0.29) is 59.2 Å². The number of aliphatic hydroxyl groups is 1. The van der Waals surface area contributed by atoms with Crippen molar-refractivity contribution in [2.45, 2.75) is 196 Å². The first-order valence-corrected chi connectivity index (χ1v) is 50.7. The van der Waals surface area contributed by atoms with E-state index in [0.29, 0.717) is 158 Å². The lowest BCUT2D eigenvalue weighted by Gasteiger charge is -2.37. The van der Waals surface area contributed by atoms with Gasteiger partial charge in [0.2, 0.25) is 23.6 Å². The van der Waals surface area contributed by atoms with E-state index < -0.39 is 0 Å². The van der Waals surface area contributed by atoms with Gasteiger partial charge in [-0.3, -0.25) is 58.3 Å². The fourth-order valence-corrected chi connectivity index (χ4v) is 19.7. The highest BCUT2D eigenvalue weighted by molar-refractivity contribution is 6.06. The van der Waals surface area contributed by atoms with Crippen LogP contribution in [0, 0.1) is 23.6 Å². The van der Waals surface area contributed by atoms with E-state index in [4.69, 9.17) is 24.2 Å². The summed E-state index contributed by atoms with van der Waals surface area (Å²) in [5.41, 5.74) is 17.8. The first-order valence-electron chi connectivity index (χ1n) is 50.7. The monoisotopic (exact) mass is 1890 g/mol. The zero-order valence-electron chi connectivity index (χ0n) is 82.7. The number of fused-ring (bicyclic) bond motifs is 4. The molecule has 4 aliphatic heterocycles. The zero-order valence-corrected chi connectivity index (χ0v) is 82.7. The highest BCUT2D eigenvalue weighted by Gasteiger charge is 2.35. The van der Waals surface area contributed by atoms with E-state index in [9.17, 15) is 43.5 Å². The van der Waals surface area contributed by atoms with Crippen LogP contribution in [0.25, 0.3) is 43.6 Å². The molecule has 7 fully saturated rings. The van der Waals surface area contributed by atoms with Crippen LogP contribution in [-0.4, -0.2) is 217 Å². The second-order valence-corrected chi connectivity index (χ2v) is 38.2. The molecule has 25 heteroatoms. The minimum Gasteiger partial charge on any atom is -0.495 e. The lowest BCUT2D eigenvalue weighted by molar-refractivity contribution is -0.132. The van der Waals surface area contributed by atoms with Gasteiger partial charge < -0.3 is 58.5 Å². The van der Waals surface area contributed by atoms with Crippen LogP contribution in [0.15, 0.2) is 158 Å². The third kappa shape index (κ3) is 25.1. The number of nitrogens with zero attached hydrogens (tertiary/aromatic N) is 12. The number of anilines is 4. The fraction of sp³-hybridized carbons (Fsp3) is 0.456. The van der Waals surface area contributed by atoms with Gasteiger partial charge in [0.05, 0.1) is 72.8 Å². The van der Waals surface area contributed by atoms with Crippen LogP contribution in [0.3, 0.4) is 0 Å². The van der Waals surface area contributed by atoms with Crippen molar-refractivity contribution in [2.75, 3.05) is 146 Å². The molecule has 4 aromatic heterocycles. The van der Waals surface area contributed by atoms with Crippen molar-refractivity contribution in [3.05, 3.63) is 231 Å². The number of aromatic nitrogens is 4. The summed E-state index contributed by atoms with van der Waals surface area (Å²) < 4.78 is 32.4. The van der Waals surface area contributed by atoms with Crippen molar-refractivity contribution in [3.8, 4) is 17.2 Å². The first-order chi connectivity index (χ1) is 67.6. The number of ketones is 4. The van der Waals surface area contributed by atoms with Crippen LogP contribution >= 0.6 is 0 Å². The molecule has 18 rings (SSSR count). The molecular formula is C114H137FN12O12. The Morgan fingerprint density at radius 3 is 0.950 bits per heavy atom. The number of ether oxygens (including phenoxy) is 3. The minimum atomic E-state index is -0.330. The Kier molecular flexibility index (Phi) is 34.6. The van der Waals surface area contributed by atoms with Gasteiger partial charge in [0.15, 0.2) is 23.1 Å². The molecule has 11 aromatic rings. The number of hydrogen-bond donors (Lipinski definition) is 1. The van der Waals surface area contributed by atoms with Gasteiger partial charge >= 0.3 is 0 Å². The third-order valence-electron chi connectivity index (χ3n) is 28.3. The Balaban J connectivity index is 0.000000141. The number of rotatable bonds is 35. The maximum atomic E-state index is 15.1. The second kappa shape index (κ2) is 47.7. The van der Waals surface area contributed by atoms with Crippen LogP contribution < -0.4 is 33.8 Å². The Morgan fingerprint density at radius 2 is 0.633 bits per heavy atom. The summed E-state index contributed by atoms with van der Waals surface area (Å²) in [6.07, 6.45) is 25.3. The molecule has 3 aliphatic carbocycles. The topological polar surface area (TPSA) is 262 Å². The number of aliphatic hydroxyl groups excluding tert-OH is 1. The molecule has 139 heavy (non-hydrogen) atoms. The summed E-state index contributed by atoms with van der Waals surface area (Å²) in [6, 6.07) is 44.0. The van der Waals surface area contributed by atoms with Crippen LogP contribution in [-0.2, 0) is 57.9 Å². The number of methoxy groups -OCH3 is 3. The molecule has 7 aliphatic rings. The van der Waals surface area contributed by atoms with Crippen molar-refractivity contribution in [1.29, 1.82) is 0 Å². The summed E-state index contributed by atoms with van der Waals surface area (Å²) >= 11 is 0. The smallest absolute Gasteiger partial charge is 0.222 e. The van der Waals surface area contributed by atoms with Gasteiger partial charge in [-0.1, -0.05) is 126 Å². The summed E-state index contributed by atoms with van der Waals surface area (Å²) in [6.45, 7) is 23.1. The Morgan fingerprint density at radius 1 is 0.338 bits per heavy atom. The van der Waals surface area contributed by atoms with Crippen molar-refractivity contribution in [2.24, 2.45) is 17.8 Å². The lowest BCUT2D eigenvalue weighted by Crippen LogP contribution is -2.49. The van der Waals surface area contributed by atoms with Crippen molar-refractivity contribution in [1.82, 2.24) is 39.5 Å². The molecule has 0 unspecified atom stereocenters. The highest BCUT2D eigenvalue weighted by atomic mass is 19.1. The van der Waals surface area contributed by atoms with E-state index in [2.05, 4.69) is 61.9 Å². The van der Waals surface area contributed by atoms with E-state index in [1.807, 2.05) is 156 Å². The summed E-state index contributed by atoms with van der Waals surface area (Å²) in [5, 5.41) is 13.2. The van der Waals surface area contributed by atoms with Gasteiger partial charge in [-0.05, 0) is 183 Å². The molecule has 4 amide bonds. The predicted molar refractivity (Wildman–Crippen MR) is 549 cm³/mol. The minimum absolute atomic E-state index is 0.0285. The summed E-state index contributed by atoms with van der Waals surface area (Å²) in [4.78, 5) is 137. The van der Waals surface area contributed by atoms with Gasteiger partial charge in [0.25, 0.3) is 0 Å². The number of pyridine rings is 4. The van der Waals surface area contributed by atoms with Crippen LogP contribution in [0.2, 0.25) is 0 Å². The largest absolute Gasteiger partial charge is 0.495 e. The summed E-state index contributed by atoms with van der Waals surface area (Å²) in [5.74, 6) is 5.04. The molecule has 1 N–H and O–H groups in total. The second-order valence-electron chi connectivity index (χ2n) is 38.2. The van der Waals surface area contributed by atoms with Gasteiger partial charge in [0, 0.05) is 249 Å². The van der Waals surface area contributed by atoms with Gasteiger partial charge in [-0.25, -0.2) is 4.39 Å². The van der Waals surface area contributed by atoms with Gasteiger partial charge in [-0.15, -0.1) is 0 Å². The zero-order chi connectivity index (χ0) is 97.8. The number of carbonyl (C=O) groups excluding carboxylic acids is 8. The first kappa shape index (κ1) is 101. The van der Waals surface area contributed by atoms with E-state index in [0.717, 1.165) is 239 Å². The van der Waals surface area contributed by atoms with Crippen LogP contribution in [0.4, 0.5) is 27.1 Å². The van der Waals surface area contributed by atoms with Crippen LogP contribution in [0.1, 0.15) is 243 Å². The SMILES string of the molecule is CCCC(=O)N1CCN(c2cc3c(CC)c(C(=O)CC4CC4)cnc3cc2OC)CC1.CCCC(=O)N1CCN(c2cc3c(CCc4ccc(CO)cc4)c(C(=O)CC4CC4)cnc3cc2OC)CC1.CCCC(=O)N1CCN(c2cc3c(Cc4ccccc4)c(C(=O)CC)cnc3cc2F)CC1.CCCC(=O)N1CCN(c2cc3c(Cc4ccccc4)c(C(=O)CC4CC4)cnc3cc2OC)CC1. The number of aryl methyl sites for hydroxylation is 3. The van der Waals surface area contributed by atoms with Gasteiger partial charge in [-0.2, -0.15) is 0 Å². The molecule has 0 spiro atoms. The average molecular weight is 1890 g/mol. The number of halogens is 1. The highest BCUT2D eigenvalue weighted by Crippen LogP contribution is 2.44. The lowest BCUT2D eigenvalue weighted by atomic mass is 9.92. The van der Waals surface area contributed by atoms with Gasteiger partial charge in [0.1, 0.15) is 23.1 Å². The predicted octanol–water partition coefficient (Wildman–Crippen LogP) is 19.5. The van der Waals surface area contributed by atoms with Crippen LogP contribution in [0.5, 0.6) is 17.2 Å². The van der Waals surface area contributed by atoms with Crippen molar-refractivity contribution < 1.29 is 62.1 Å². The standard InChI is InChI=1S/C32H39N3O4.C30H35N3O3.C27H30FN3O2.C25H33N3O3/c1-3-4-32(38)35-15-13-34(14-16-35)29-18-26-25(12-11-22-5-9-24(21-36)10-6-22)27(30(37)17-23-7-8-23)20-33-28(26)19-31(29)39-2;1-3-7-30(35)33-14-12-32(13-15-33)27-18-24-23(16-21-8-5-4-6-9-21)25(28(34)17-22-10-11-22)20-31-26(24)19-29(27)36-2;1-3-8-27(33)31-13-11-30(12-14-31)25-16-21-20(15-19-9-6-5-7-10-19)22(26(32)4-2)18-29-24(21)17-23(25)28;1-4-6-25(30)28-11-9-27(10-12-28)22-14-19-18(5-2)20(23(29)13-17-7-8-17)16-26-21(19)15-24(22)31-3/h5-6,9-10,18-20,23,36H,3-4,7-8,11-17,21H2,1-2H3;4-6,8-9,18-20,22H,3,7,10-17H2,1-2H3;5-7,9-10,16-18H,3-4,8,11-15H2,1-2H3;14-17H,4-13H2,1-3H3. The molecule has 0 bridgehead atoms. The maximum absolute atomic E-state index is 15.1. The van der Waals surface area contributed by atoms with Crippen molar-refractivity contribution >= 4 is 113 Å². The Labute approximate surface area is 817 Å². The Hall–Kier alpha value is -12.8. The molecule has 3 saturated carbocycles. The number of Topliss-reactive ketones (excluding diaryl/α,β-unsaturated/α-hetero) is 4. The number of amides is 4. The molecule has 7 aromatic carbocycles. The molecule has 24 nitrogen and oxygen atoms in total. The molecule has 0 atom stereocenters. The maximum Gasteiger partial charge on any atom is 0.222 e. The van der Waals surface area contributed by atoms with E-state index in [1.165, 1.54) is 30.0 Å². The summed E-state index contributed by atoms with van der Waals surface area (Å²) in [7, 11) is 5.04. The van der Waals surface area contributed by atoms with E-state index >= 15 is 4.39 Å². The number of benzene rings is 7. The fourth-order valence-electron chi connectivity index (χ4n) is 19.7. The third-order valence-corrected chi connectivity index (χ3v) is 28.3. The normalized spacial score (nSPS) is 15.5. The van der Waals surface area contributed by atoms with Crippen molar-refractivity contribution in [3.63, 3.8) is 0 Å². The quantitative estimate of drug-likeness (QED) is 0.0362. The number of piperazine rings is 4. The number of hydrogen-bond acceptors (Lipinski definition) is 20. The molecule has 4 saturated heterocycles. The molecule has 0 radical (unpaired) electrons. The molecular weight excluding hydrogens is 1750 g/mol. The number of carbonyl (C=O) groups is 8. The Bertz CT molecular complexity index is 6190. The molecule has 8 heterocycles.